The zero-order chi connectivity index (χ0) is 16.7. The molecule has 0 bridgehead atoms. The number of fused-ring (bicyclic) bond motifs is 1. The van der Waals surface area contributed by atoms with Crippen LogP contribution in [0.2, 0.25) is 0 Å². The zero-order valence-electron chi connectivity index (χ0n) is 13.8. The fourth-order valence-electron chi connectivity index (χ4n) is 3.98. The summed E-state index contributed by atoms with van der Waals surface area (Å²) in [6.45, 7) is 1.83. The molecule has 5 nitrogen and oxygen atoms in total. The van der Waals surface area contributed by atoms with Crippen LogP contribution < -0.4 is 0 Å². The molecule has 0 aliphatic heterocycles. The Kier molecular flexibility index (Phi) is 3.79. The number of H-pyrrole nitrogens is 1. The number of nitrogens with one attached hydrogen (secondary N) is 1. The molecule has 1 saturated carbocycles. The smallest absolute Gasteiger partial charge is 0.355 e. The molecule has 126 valence electrons. The van der Waals surface area contributed by atoms with Gasteiger partial charge < -0.3 is 14.1 Å². The van der Waals surface area contributed by atoms with Gasteiger partial charge in [0.05, 0.1) is 6.26 Å². The second kappa shape index (κ2) is 5.96. The minimum atomic E-state index is -0.337. The molecule has 2 heterocycles. The van der Waals surface area contributed by atoms with Crippen LogP contribution in [0.4, 0.5) is 0 Å². The molecule has 2 aromatic heterocycles. The number of hydrogen-bond donors (Lipinski definition) is 1. The highest BCUT2D eigenvalue weighted by molar-refractivity contribution is 6.03. The Morgan fingerprint density at radius 3 is 2.79 bits per heavy atom. The fraction of sp³-hybridized carbons (Fsp3) is 0.474. The summed E-state index contributed by atoms with van der Waals surface area (Å²) in [5, 5.41) is 0. The van der Waals surface area contributed by atoms with E-state index in [2.05, 4.69) is 4.98 Å². The van der Waals surface area contributed by atoms with Crippen molar-refractivity contribution in [2.24, 2.45) is 0 Å². The molecule has 0 saturated heterocycles. The first-order valence-corrected chi connectivity index (χ1v) is 8.62. The predicted molar refractivity (Wildman–Crippen MR) is 87.3 cm³/mol. The minimum Gasteiger partial charge on any atom is -0.469 e. The third-order valence-corrected chi connectivity index (χ3v) is 5.21. The highest BCUT2D eigenvalue weighted by atomic mass is 16.5. The van der Waals surface area contributed by atoms with Crippen molar-refractivity contribution in [1.82, 2.24) is 4.98 Å². The van der Waals surface area contributed by atoms with E-state index in [1.807, 2.05) is 19.1 Å². The number of Topliss-reactive ketones (excluding diaryl/α,β-unsaturated/α-hetero) is 1. The number of ketones is 1. The van der Waals surface area contributed by atoms with Crippen LogP contribution in [0.25, 0.3) is 0 Å². The van der Waals surface area contributed by atoms with Gasteiger partial charge >= 0.3 is 5.97 Å². The van der Waals surface area contributed by atoms with Gasteiger partial charge in [0, 0.05) is 23.6 Å². The standard InChI is InChI=1S/C19H21NO4/c1-11-17-14(9-12(10-15(17)21)16-7-4-8-23-16)20-18(11)19(22)24-13-5-2-3-6-13/h4,7-8,12-13,20H,2-3,5-6,9-10H2,1H3/t12-/m0/s1. The molecule has 2 aliphatic rings. The predicted octanol–water partition coefficient (Wildman–Crippen LogP) is 3.93. The van der Waals surface area contributed by atoms with Crippen LogP contribution in [0.3, 0.4) is 0 Å². The third-order valence-electron chi connectivity index (χ3n) is 5.21. The highest BCUT2D eigenvalue weighted by Gasteiger charge is 2.33. The third kappa shape index (κ3) is 2.58. The van der Waals surface area contributed by atoms with Crippen molar-refractivity contribution in [2.75, 3.05) is 0 Å². The maximum Gasteiger partial charge on any atom is 0.355 e. The summed E-state index contributed by atoms with van der Waals surface area (Å²) in [5.41, 5.74) is 2.64. The van der Waals surface area contributed by atoms with E-state index in [-0.39, 0.29) is 23.8 Å². The Morgan fingerprint density at radius 1 is 1.29 bits per heavy atom. The van der Waals surface area contributed by atoms with Gasteiger partial charge in [-0.05, 0) is 56.7 Å². The van der Waals surface area contributed by atoms with E-state index in [9.17, 15) is 9.59 Å². The van der Waals surface area contributed by atoms with E-state index < -0.39 is 0 Å². The lowest BCUT2D eigenvalue weighted by Gasteiger charge is -2.19. The largest absolute Gasteiger partial charge is 0.469 e. The first-order chi connectivity index (χ1) is 11.6. The van der Waals surface area contributed by atoms with Crippen molar-refractivity contribution in [1.29, 1.82) is 0 Å². The number of carbonyl (C=O) groups excluding carboxylic acids is 2. The number of hydrogen-bond acceptors (Lipinski definition) is 4. The first-order valence-electron chi connectivity index (χ1n) is 8.62. The Morgan fingerprint density at radius 2 is 2.08 bits per heavy atom. The summed E-state index contributed by atoms with van der Waals surface area (Å²) >= 11 is 0. The van der Waals surface area contributed by atoms with E-state index >= 15 is 0 Å². The van der Waals surface area contributed by atoms with Crippen molar-refractivity contribution in [3.63, 3.8) is 0 Å². The van der Waals surface area contributed by atoms with Crippen LogP contribution in [0.1, 0.15) is 75.9 Å². The van der Waals surface area contributed by atoms with Crippen LogP contribution in [0.5, 0.6) is 0 Å². The summed E-state index contributed by atoms with van der Waals surface area (Å²) in [4.78, 5) is 28.2. The normalized spacial score (nSPS) is 21.0. The van der Waals surface area contributed by atoms with Crippen molar-refractivity contribution < 1.29 is 18.7 Å². The quantitative estimate of drug-likeness (QED) is 0.867. The Hall–Kier alpha value is -2.30. The average Bonchev–Trinajstić information content (AvgIpc) is 3.28. The summed E-state index contributed by atoms with van der Waals surface area (Å²) < 4.78 is 11.0. The van der Waals surface area contributed by atoms with Gasteiger partial charge in [0.2, 0.25) is 0 Å². The van der Waals surface area contributed by atoms with E-state index in [1.54, 1.807) is 6.26 Å². The van der Waals surface area contributed by atoms with E-state index in [1.165, 1.54) is 0 Å². The number of aromatic nitrogens is 1. The van der Waals surface area contributed by atoms with Gasteiger partial charge in [0.15, 0.2) is 5.78 Å². The minimum absolute atomic E-state index is 0.0174. The molecule has 0 spiro atoms. The molecule has 4 rings (SSSR count). The Labute approximate surface area is 140 Å². The summed E-state index contributed by atoms with van der Waals surface area (Å²) in [7, 11) is 0. The monoisotopic (exact) mass is 327 g/mol. The van der Waals surface area contributed by atoms with Gasteiger partial charge in [-0.2, -0.15) is 0 Å². The Bertz CT molecular complexity index is 766. The molecule has 1 atom stereocenters. The summed E-state index contributed by atoms with van der Waals surface area (Å²) in [6, 6.07) is 3.73. The number of esters is 1. The molecule has 0 amide bonds. The first kappa shape index (κ1) is 15.2. The maximum atomic E-state index is 12.6. The lowest BCUT2D eigenvalue weighted by Crippen LogP contribution is -2.18. The molecule has 2 aliphatic carbocycles. The van der Waals surface area contributed by atoms with E-state index in [0.29, 0.717) is 24.1 Å². The zero-order valence-corrected chi connectivity index (χ0v) is 13.8. The molecule has 0 unspecified atom stereocenters. The SMILES string of the molecule is Cc1c(C(=O)OC2CCCC2)[nH]c2c1C(=O)C[C@@H](c1ccco1)C2. The molecule has 1 fully saturated rings. The van der Waals surface area contributed by atoms with Gasteiger partial charge in [-0.15, -0.1) is 0 Å². The number of carbonyl (C=O) groups is 2. The summed E-state index contributed by atoms with van der Waals surface area (Å²) in [5.74, 6) is 0.565. The maximum absolute atomic E-state index is 12.6. The van der Waals surface area contributed by atoms with E-state index in [4.69, 9.17) is 9.15 Å². The lowest BCUT2D eigenvalue weighted by atomic mass is 9.84. The van der Waals surface area contributed by atoms with Crippen molar-refractivity contribution >= 4 is 11.8 Å². The van der Waals surface area contributed by atoms with Gasteiger partial charge in [0.1, 0.15) is 17.6 Å². The molecule has 2 aromatic rings. The molecular weight excluding hydrogens is 306 g/mol. The number of ether oxygens (including phenoxy) is 1. The Balaban J connectivity index is 1.60. The van der Waals surface area contributed by atoms with Crippen molar-refractivity contribution in [3.05, 3.63) is 46.7 Å². The fourth-order valence-corrected chi connectivity index (χ4v) is 3.98. The van der Waals surface area contributed by atoms with Gasteiger partial charge in [0.25, 0.3) is 0 Å². The van der Waals surface area contributed by atoms with Gasteiger partial charge in [-0.25, -0.2) is 4.79 Å². The summed E-state index contributed by atoms with van der Waals surface area (Å²) in [6.07, 6.45) is 6.82. The van der Waals surface area contributed by atoms with Crippen LogP contribution >= 0.6 is 0 Å². The number of rotatable bonds is 3. The van der Waals surface area contributed by atoms with E-state index in [0.717, 1.165) is 42.7 Å². The molecule has 24 heavy (non-hydrogen) atoms. The highest BCUT2D eigenvalue weighted by Crippen LogP contribution is 2.35. The lowest BCUT2D eigenvalue weighted by molar-refractivity contribution is 0.0310. The molecule has 1 N–H and O–H groups in total. The van der Waals surface area contributed by atoms with Gasteiger partial charge in [-0.1, -0.05) is 0 Å². The van der Waals surface area contributed by atoms with Crippen LogP contribution in [0, 0.1) is 6.92 Å². The topological polar surface area (TPSA) is 72.3 Å². The second-order valence-electron chi connectivity index (χ2n) is 6.83. The number of aromatic amines is 1. The van der Waals surface area contributed by atoms with Crippen molar-refractivity contribution in [3.8, 4) is 0 Å². The van der Waals surface area contributed by atoms with Crippen LogP contribution in [-0.2, 0) is 11.2 Å². The van der Waals surface area contributed by atoms with Crippen molar-refractivity contribution in [2.45, 2.75) is 57.5 Å². The number of furan rings is 1. The second-order valence-corrected chi connectivity index (χ2v) is 6.83. The molecule has 0 aromatic carbocycles. The average molecular weight is 327 g/mol. The molecule has 5 heteroatoms. The molecule has 0 radical (unpaired) electrons. The van der Waals surface area contributed by atoms with Crippen LogP contribution in [0.15, 0.2) is 22.8 Å². The van der Waals surface area contributed by atoms with Crippen LogP contribution in [-0.4, -0.2) is 22.8 Å². The molecular formula is C19H21NO4. The van der Waals surface area contributed by atoms with Gasteiger partial charge in [-0.3, -0.25) is 4.79 Å².